The molecule has 0 saturated heterocycles. The van der Waals surface area contributed by atoms with Crippen LogP contribution in [0.2, 0.25) is 0 Å². The predicted octanol–water partition coefficient (Wildman–Crippen LogP) is 14.2. The molecule has 266 valence electrons. The van der Waals surface area contributed by atoms with Gasteiger partial charge in [-0.1, -0.05) is 129 Å². The van der Waals surface area contributed by atoms with Gasteiger partial charge in [0.1, 0.15) is 0 Å². The number of fused-ring (bicyclic) bond motifs is 15. The molecule has 1 heteroatoms. The van der Waals surface area contributed by atoms with Crippen molar-refractivity contribution >= 4 is 17.1 Å². The van der Waals surface area contributed by atoms with Gasteiger partial charge in [-0.15, -0.1) is 0 Å². The first-order valence-corrected chi connectivity index (χ1v) is 21.2. The maximum atomic E-state index is 2.61. The van der Waals surface area contributed by atoms with E-state index in [0.29, 0.717) is 0 Å². The smallest absolute Gasteiger partial charge is 0.0468 e. The fourth-order valence-electron chi connectivity index (χ4n) is 13.6. The molecule has 6 aliphatic rings. The van der Waals surface area contributed by atoms with Gasteiger partial charge >= 0.3 is 0 Å². The maximum Gasteiger partial charge on any atom is 0.0468 e. The van der Waals surface area contributed by atoms with Crippen LogP contribution < -0.4 is 4.90 Å². The van der Waals surface area contributed by atoms with Crippen molar-refractivity contribution in [2.24, 2.45) is 23.7 Å². The minimum absolute atomic E-state index is 0.130. The Morgan fingerprint density at radius 3 is 1.74 bits per heavy atom. The lowest BCUT2D eigenvalue weighted by atomic mass is 9.52. The zero-order valence-electron chi connectivity index (χ0n) is 31.3. The largest absolute Gasteiger partial charge is 0.310 e. The number of benzene rings is 6. The predicted molar refractivity (Wildman–Crippen MR) is 224 cm³/mol. The highest BCUT2D eigenvalue weighted by atomic mass is 15.1. The fraction of sp³-hybridized carbons (Fsp3) is 0.321. The molecule has 4 bridgehead atoms. The van der Waals surface area contributed by atoms with Crippen LogP contribution in [0.15, 0.2) is 140 Å². The molecule has 4 fully saturated rings. The van der Waals surface area contributed by atoms with E-state index in [1.54, 1.807) is 16.7 Å². The van der Waals surface area contributed by atoms with Crippen LogP contribution in [0.3, 0.4) is 0 Å². The van der Waals surface area contributed by atoms with Crippen molar-refractivity contribution in [2.45, 2.75) is 81.5 Å². The van der Waals surface area contributed by atoms with Crippen LogP contribution in [-0.2, 0) is 10.8 Å². The minimum atomic E-state index is 0.130. The van der Waals surface area contributed by atoms with Crippen LogP contribution in [0, 0.1) is 23.7 Å². The molecule has 0 amide bonds. The Hall–Kier alpha value is -4.88. The molecule has 0 aromatic heterocycles. The van der Waals surface area contributed by atoms with Crippen LogP contribution in [0.25, 0.3) is 33.4 Å². The number of hydrogen-bond donors (Lipinski definition) is 0. The SMILES string of the molecule is c1ccc(-c2ccc(N(c3ccc4c(c3)-c3ccccc3C43C4CCC5CCC3CC(C5)C4)c3ccc4c(c3)C3(CCCC3)c3ccccc3-4)cc2)cc1. The maximum absolute atomic E-state index is 2.61. The second kappa shape index (κ2) is 11.8. The Kier molecular flexibility index (Phi) is 6.88. The van der Waals surface area contributed by atoms with Crippen molar-refractivity contribution in [1.29, 1.82) is 0 Å². The summed E-state index contributed by atoms with van der Waals surface area (Å²) in [4.78, 5) is 2.57. The summed E-state index contributed by atoms with van der Waals surface area (Å²) in [5.41, 5.74) is 18.8. The first-order chi connectivity index (χ1) is 26.7. The summed E-state index contributed by atoms with van der Waals surface area (Å²) in [6, 6.07) is 54.2. The van der Waals surface area contributed by atoms with Gasteiger partial charge in [0.15, 0.2) is 0 Å². The van der Waals surface area contributed by atoms with Crippen molar-refractivity contribution in [2.75, 3.05) is 4.90 Å². The van der Waals surface area contributed by atoms with E-state index in [9.17, 15) is 0 Å². The summed E-state index contributed by atoms with van der Waals surface area (Å²) in [6.45, 7) is 0. The summed E-state index contributed by atoms with van der Waals surface area (Å²) in [5, 5.41) is 0. The van der Waals surface area contributed by atoms with Crippen LogP contribution >= 0.6 is 0 Å². The second-order valence-electron chi connectivity index (χ2n) is 17.9. The molecule has 12 rings (SSSR count). The molecule has 6 aromatic carbocycles. The Morgan fingerprint density at radius 2 is 0.981 bits per heavy atom. The van der Waals surface area contributed by atoms with Gasteiger partial charge in [-0.2, -0.15) is 0 Å². The van der Waals surface area contributed by atoms with Crippen molar-refractivity contribution in [1.82, 2.24) is 0 Å². The lowest BCUT2D eigenvalue weighted by molar-refractivity contribution is 0.0973. The summed E-state index contributed by atoms with van der Waals surface area (Å²) in [7, 11) is 0. The highest BCUT2D eigenvalue weighted by Crippen LogP contribution is 2.67. The fourth-order valence-corrected chi connectivity index (χ4v) is 13.6. The van der Waals surface area contributed by atoms with Crippen molar-refractivity contribution in [3.05, 3.63) is 162 Å². The van der Waals surface area contributed by atoms with Gasteiger partial charge < -0.3 is 4.90 Å². The Morgan fingerprint density at radius 1 is 0.407 bits per heavy atom. The molecule has 1 nitrogen and oxygen atoms in total. The van der Waals surface area contributed by atoms with Crippen LogP contribution in [0.1, 0.15) is 92.9 Å². The summed E-state index contributed by atoms with van der Waals surface area (Å²) in [6.07, 6.45) is 15.1. The van der Waals surface area contributed by atoms with E-state index >= 15 is 0 Å². The molecular weight excluding hydrogens is 651 g/mol. The van der Waals surface area contributed by atoms with E-state index in [1.807, 2.05) is 0 Å². The van der Waals surface area contributed by atoms with E-state index in [4.69, 9.17) is 0 Å². The van der Waals surface area contributed by atoms with Crippen molar-refractivity contribution < 1.29 is 0 Å². The number of nitrogens with zero attached hydrogens (tertiary/aromatic N) is 1. The Balaban J connectivity index is 1.04. The van der Waals surface area contributed by atoms with E-state index in [0.717, 1.165) is 23.7 Å². The van der Waals surface area contributed by atoms with Gasteiger partial charge in [0.25, 0.3) is 0 Å². The van der Waals surface area contributed by atoms with E-state index < -0.39 is 0 Å². The molecule has 2 atom stereocenters. The molecule has 2 unspecified atom stereocenters. The zero-order chi connectivity index (χ0) is 35.4. The van der Waals surface area contributed by atoms with Crippen molar-refractivity contribution in [3.8, 4) is 33.4 Å². The third-order valence-corrected chi connectivity index (χ3v) is 15.6. The lowest BCUT2D eigenvalue weighted by Gasteiger charge is -2.51. The molecule has 4 saturated carbocycles. The quantitative estimate of drug-likeness (QED) is 0.177. The molecule has 0 heterocycles. The Labute approximate surface area is 321 Å². The normalized spacial score (nSPS) is 26.3. The molecule has 0 N–H and O–H groups in total. The van der Waals surface area contributed by atoms with Crippen LogP contribution in [0.4, 0.5) is 17.1 Å². The molecule has 54 heavy (non-hydrogen) atoms. The second-order valence-corrected chi connectivity index (χ2v) is 17.9. The first-order valence-electron chi connectivity index (χ1n) is 21.2. The average Bonchev–Trinajstić information content (AvgIpc) is 3.82. The van der Waals surface area contributed by atoms with E-state index in [-0.39, 0.29) is 10.8 Å². The summed E-state index contributed by atoms with van der Waals surface area (Å²) >= 11 is 0. The highest BCUT2D eigenvalue weighted by Gasteiger charge is 2.58. The van der Waals surface area contributed by atoms with Crippen LogP contribution in [-0.4, -0.2) is 0 Å². The third-order valence-electron chi connectivity index (χ3n) is 15.6. The topological polar surface area (TPSA) is 3.24 Å². The standard InChI is InChI=1S/C53H49N/c1-2-10-37(11-3-1)38-18-22-41(23-19-38)54(43-24-26-46-44-12-4-6-14-48(44)52(51(46)34-43)28-8-9-29-52)42-25-27-50-47(33-42)45-13-5-7-15-49(45)53(50)39-20-16-35-17-21-40(53)32-36(30-35)31-39/h1-7,10-15,18-19,22-27,33-36,39-40H,8-9,16-17,20-21,28-32H2. The lowest BCUT2D eigenvalue weighted by Crippen LogP contribution is -2.46. The summed E-state index contributed by atoms with van der Waals surface area (Å²) in [5.74, 6) is 3.40. The van der Waals surface area contributed by atoms with E-state index in [2.05, 4.69) is 144 Å². The van der Waals surface area contributed by atoms with Gasteiger partial charge in [-0.3, -0.25) is 0 Å². The van der Waals surface area contributed by atoms with Crippen molar-refractivity contribution in [3.63, 3.8) is 0 Å². The number of hydrogen-bond acceptors (Lipinski definition) is 1. The van der Waals surface area contributed by atoms with Gasteiger partial charge in [0, 0.05) is 27.9 Å². The Bertz CT molecular complexity index is 2390. The zero-order valence-corrected chi connectivity index (χ0v) is 31.3. The average molecular weight is 700 g/mol. The third kappa shape index (κ3) is 4.33. The van der Waals surface area contributed by atoms with Gasteiger partial charge in [0.05, 0.1) is 0 Å². The van der Waals surface area contributed by atoms with Crippen LogP contribution in [0.5, 0.6) is 0 Å². The molecule has 6 aromatic rings. The monoisotopic (exact) mass is 699 g/mol. The first kappa shape index (κ1) is 31.5. The molecular formula is C53H49N. The van der Waals surface area contributed by atoms with E-state index in [1.165, 1.54) is 127 Å². The number of anilines is 3. The number of rotatable bonds is 4. The summed E-state index contributed by atoms with van der Waals surface area (Å²) < 4.78 is 0. The molecule has 2 spiro atoms. The molecule has 0 radical (unpaired) electrons. The van der Waals surface area contributed by atoms with Gasteiger partial charge in [-0.25, -0.2) is 0 Å². The minimum Gasteiger partial charge on any atom is -0.310 e. The van der Waals surface area contributed by atoms with Gasteiger partial charge in [-0.05, 0) is 161 Å². The molecule has 0 aliphatic heterocycles. The van der Waals surface area contributed by atoms with Gasteiger partial charge in [0.2, 0.25) is 0 Å². The highest BCUT2D eigenvalue weighted by molar-refractivity contribution is 5.90. The molecule has 6 aliphatic carbocycles.